The second kappa shape index (κ2) is 4.98. The first-order valence-electron chi connectivity index (χ1n) is 7.00. The zero-order valence-corrected chi connectivity index (χ0v) is 11.5. The van der Waals surface area contributed by atoms with E-state index in [0.717, 1.165) is 18.8 Å². The first-order valence-corrected chi connectivity index (χ1v) is 7.00. The maximum Gasteiger partial charge on any atom is 0.133 e. The Kier molecular flexibility index (Phi) is 2.85. The fourth-order valence-electron chi connectivity index (χ4n) is 2.85. The monoisotopic (exact) mass is 274 g/mol. The van der Waals surface area contributed by atoms with Crippen molar-refractivity contribution in [1.82, 2.24) is 19.5 Å². The summed E-state index contributed by atoms with van der Waals surface area (Å²) in [6.07, 6.45) is 3.90. The van der Waals surface area contributed by atoms with Crippen molar-refractivity contribution in [3.63, 3.8) is 0 Å². The maximum absolute atomic E-state index is 4.20. The molecule has 2 aromatic carbocycles. The van der Waals surface area contributed by atoms with Gasteiger partial charge < -0.3 is 4.57 Å². The molecule has 0 fully saturated rings. The lowest BCUT2D eigenvalue weighted by molar-refractivity contribution is 0.705. The van der Waals surface area contributed by atoms with E-state index in [1.807, 2.05) is 0 Å². The van der Waals surface area contributed by atoms with Crippen LogP contribution in [0.5, 0.6) is 0 Å². The molecule has 0 amide bonds. The van der Waals surface area contributed by atoms with Gasteiger partial charge >= 0.3 is 0 Å². The van der Waals surface area contributed by atoms with Gasteiger partial charge in [-0.1, -0.05) is 36.4 Å². The van der Waals surface area contributed by atoms with Crippen LogP contribution in [0.25, 0.3) is 21.8 Å². The maximum atomic E-state index is 4.20. The molecule has 0 aliphatic heterocycles. The average Bonchev–Trinajstić information content (AvgIpc) is 2.88. The number of rotatable bonds is 3. The van der Waals surface area contributed by atoms with Crippen LogP contribution in [0.4, 0.5) is 0 Å². The van der Waals surface area contributed by atoms with Crippen molar-refractivity contribution in [2.75, 3.05) is 0 Å². The fourth-order valence-corrected chi connectivity index (χ4v) is 2.85. The minimum Gasteiger partial charge on any atom is -0.340 e. The predicted octanol–water partition coefficient (Wildman–Crippen LogP) is 3.22. The van der Waals surface area contributed by atoms with Gasteiger partial charge in [0.15, 0.2) is 0 Å². The van der Waals surface area contributed by atoms with Crippen molar-refractivity contribution in [3.05, 3.63) is 67.0 Å². The number of nitrogens with zero attached hydrogens (tertiary/aromatic N) is 4. The standard InChI is InChI=1S/C17H14N4/c1-3-7-15-13(5-1)14-6-2-4-8-16(14)21(15)10-9-17-19-11-18-12-20-17/h1-8,11-12H,9-10H2. The number of fused-ring (bicyclic) bond motifs is 3. The lowest BCUT2D eigenvalue weighted by atomic mass is 10.2. The Morgan fingerprint density at radius 1 is 0.762 bits per heavy atom. The highest BCUT2D eigenvalue weighted by Crippen LogP contribution is 2.28. The van der Waals surface area contributed by atoms with Gasteiger partial charge in [0.2, 0.25) is 0 Å². The molecule has 2 aromatic heterocycles. The van der Waals surface area contributed by atoms with Gasteiger partial charge in [-0.3, -0.25) is 0 Å². The summed E-state index contributed by atoms with van der Waals surface area (Å²) in [5, 5.41) is 2.59. The molecule has 0 radical (unpaired) electrons. The van der Waals surface area contributed by atoms with Gasteiger partial charge in [-0.05, 0) is 12.1 Å². The number of hydrogen-bond acceptors (Lipinski definition) is 3. The summed E-state index contributed by atoms with van der Waals surface area (Å²) in [5.41, 5.74) is 2.51. The van der Waals surface area contributed by atoms with Gasteiger partial charge in [0, 0.05) is 34.8 Å². The predicted molar refractivity (Wildman–Crippen MR) is 83.0 cm³/mol. The van der Waals surface area contributed by atoms with Crippen LogP contribution >= 0.6 is 0 Å². The van der Waals surface area contributed by atoms with E-state index in [0.29, 0.717) is 0 Å². The molecule has 0 unspecified atom stereocenters. The smallest absolute Gasteiger partial charge is 0.133 e. The highest BCUT2D eigenvalue weighted by Gasteiger charge is 2.09. The topological polar surface area (TPSA) is 43.6 Å². The van der Waals surface area contributed by atoms with Gasteiger partial charge in [-0.2, -0.15) is 0 Å². The fraction of sp³-hybridized carbons (Fsp3) is 0.118. The summed E-state index contributed by atoms with van der Waals surface area (Å²) in [6.45, 7) is 0.859. The van der Waals surface area contributed by atoms with Crippen molar-refractivity contribution < 1.29 is 0 Å². The molecule has 0 aliphatic rings. The molecule has 102 valence electrons. The number of para-hydroxylation sites is 2. The molecular weight excluding hydrogens is 260 g/mol. The van der Waals surface area contributed by atoms with E-state index in [2.05, 4.69) is 68.0 Å². The second-order valence-electron chi connectivity index (χ2n) is 4.99. The highest BCUT2D eigenvalue weighted by atomic mass is 15.0. The van der Waals surface area contributed by atoms with Crippen LogP contribution in [0.3, 0.4) is 0 Å². The van der Waals surface area contributed by atoms with E-state index in [1.54, 1.807) is 12.7 Å². The Labute approximate surface area is 122 Å². The summed E-state index contributed by atoms with van der Waals surface area (Å²) in [5.74, 6) is 0.826. The Hall–Kier alpha value is -2.75. The minimum absolute atomic E-state index is 0.797. The molecule has 0 aliphatic carbocycles. The van der Waals surface area contributed by atoms with E-state index in [-0.39, 0.29) is 0 Å². The molecule has 4 aromatic rings. The molecule has 0 spiro atoms. The van der Waals surface area contributed by atoms with E-state index in [1.165, 1.54) is 21.8 Å². The van der Waals surface area contributed by atoms with Gasteiger partial charge in [0.05, 0.1) is 0 Å². The zero-order valence-electron chi connectivity index (χ0n) is 11.5. The first-order chi connectivity index (χ1) is 10.4. The van der Waals surface area contributed by atoms with Crippen LogP contribution in [0, 0.1) is 0 Å². The lowest BCUT2D eigenvalue weighted by Crippen LogP contribution is -2.04. The molecule has 0 saturated heterocycles. The largest absolute Gasteiger partial charge is 0.340 e. The van der Waals surface area contributed by atoms with Crippen LogP contribution in [-0.2, 0) is 13.0 Å². The number of aromatic nitrogens is 4. The Balaban J connectivity index is 1.82. The summed E-state index contributed by atoms with van der Waals surface area (Å²) < 4.78 is 2.34. The highest BCUT2D eigenvalue weighted by molar-refractivity contribution is 6.07. The van der Waals surface area contributed by atoms with E-state index in [4.69, 9.17) is 0 Å². The van der Waals surface area contributed by atoms with Crippen molar-refractivity contribution >= 4 is 21.8 Å². The Morgan fingerprint density at radius 3 is 1.95 bits per heavy atom. The van der Waals surface area contributed by atoms with Crippen molar-refractivity contribution in [1.29, 1.82) is 0 Å². The van der Waals surface area contributed by atoms with Crippen molar-refractivity contribution in [2.24, 2.45) is 0 Å². The molecule has 0 N–H and O–H groups in total. The summed E-state index contributed by atoms with van der Waals surface area (Å²) in [4.78, 5) is 12.3. The third kappa shape index (κ3) is 2.05. The Morgan fingerprint density at radius 2 is 1.33 bits per heavy atom. The summed E-state index contributed by atoms with van der Waals surface area (Å²) >= 11 is 0. The molecule has 4 nitrogen and oxygen atoms in total. The van der Waals surface area contributed by atoms with E-state index in [9.17, 15) is 0 Å². The lowest BCUT2D eigenvalue weighted by Gasteiger charge is -2.06. The molecular formula is C17H14N4. The van der Waals surface area contributed by atoms with E-state index < -0.39 is 0 Å². The summed E-state index contributed by atoms with van der Waals surface area (Å²) in [6, 6.07) is 17.0. The van der Waals surface area contributed by atoms with Gasteiger partial charge in [0.25, 0.3) is 0 Å². The van der Waals surface area contributed by atoms with Crippen LogP contribution in [0.2, 0.25) is 0 Å². The van der Waals surface area contributed by atoms with Gasteiger partial charge in [-0.15, -0.1) is 0 Å². The quantitative estimate of drug-likeness (QED) is 0.576. The SMILES string of the molecule is c1ccc2c(c1)c1ccccc1n2CCc1ncncn1. The average molecular weight is 274 g/mol. The molecule has 4 rings (SSSR count). The van der Waals surface area contributed by atoms with Crippen LogP contribution in [-0.4, -0.2) is 19.5 Å². The van der Waals surface area contributed by atoms with E-state index >= 15 is 0 Å². The van der Waals surface area contributed by atoms with Crippen LogP contribution < -0.4 is 0 Å². The van der Waals surface area contributed by atoms with Crippen LogP contribution in [0.15, 0.2) is 61.2 Å². The minimum atomic E-state index is 0.797. The number of hydrogen-bond donors (Lipinski definition) is 0. The Bertz CT molecular complexity index is 843. The summed E-state index contributed by atoms with van der Waals surface area (Å²) in [7, 11) is 0. The molecule has 21 heavy (non-hydrogen) atoms. The van der Waals surface area contributed by atoms with Crippen molar-refractivity contribution in [2.45, 2.75) is 13.0 Å². The molecule has 0 atom stereocenters. The third-order valence-corrected chi connectivity index (χ3v) is 3.79. The first kappa shape index (κ1) is 12.0. The normalized spacial score (nSPS) is 11.2. The molecule has 4 heteroatoms. The molecule has 0 bridgehead atoms. The molecule has 0 saturated carbocycles. The zero-order chi connectivity index (χ0) is 14.1. The number of benzene rings is 2. The van der Waals surface area contributed by atoms with Gasteiger partial charge in [-0.25, -0.2) is 15.0 Å². The van der Waals surface area contributed by atoms with Crippen molar-refractivity contribution in [3.8, 4) is 0 Å². The number of aryl methyl sites for hydroxylation is 2. The molecule has 2 heterocycles. The second-order valence-corrected chi connectivity index (χ2v) is 4.99. The van der Waals surface area contributed by atoms with Crippen LogP contribution in [0.1, 0.15) is 5.82 Å². The van der Waals surface area contributed by atoms with Gasteiger partial charge in [0.1, 0.15) is 18.5 Å². The third-order valence-electron chi connectivity index (χ3n) is 3.79.